The van der Waals surface area contributed by atoms with E-state index in [-0.39, 0.29) is 4.90 Å². The first-order chi connectivity index (χ1) is 9.41. The highest BCUT2D eigenvalue weighted by molar-refractivity contribution is 7.91. The molecule has 0 atom stereocenters. The zero-order chi connectivity index (χ0) is 14.8. The highest BCUT2D eigenvalue weighted by atomic mass is 32.2. The lowest BCUT2D eigenvalue weighted by atomic mass is 10.1. The molecule has 7 heteroatoms. The number of nitriles is 1. The number of carbonyl (C=O) groups excluding carboxylic acids is 1. The van der Waals surface area contributed by atoms with Gasteiger partial charge in [0, 0.05) is 11.8 Å². The molecule has 0 bridgehead atoms. The third-order valence-corrected chi connectivity index (χ3v) is 4.63. The van der Waals surface area contributed by atoms with Crippen molar-refractivity contribution in [3.8, 4) is 6.07 Å². The fourth-order valence-corrected chi connectivity index (χ4v) is 3.62. The Balaban J connectivity index is 2.24. The summed E-state index contributed by atoms with van der Waals surface area (Å²) in [5.41, 5.74) is 0.811. The highest BCUT2D eigenvalue weighted by Gasteiger charge is 2.17. The van der Waals surface area contributed by atoms with Crippen molar-refractivity contribution in [2.75, 3.05) is 11.6 Å². The van der Waals surface area contributed by atoms with Gasteiger partial charge in [0.1, 0.15) is 9.90 Å². The third-order valence-electron chi connectivity index (χ3n) is 2.53. The molecular weight excluding hydrogens is 296 g/mol. The lowest BCUT2D eigenvalue weighted by molar-refractivity contribution is 0.102. The van der Waals surface area contributed by atoms with E-state index in [1.807, 2.05) is 6.07 Å². The molecule has 0 aliphatic rings. The predicted octanol–water partition coefficient (Wildman–Crippen LogP) is 2.28. The van der Waals surface area contributed by atoms with E-state index in [1.165, 1.54) is 30.3 Å². The Morgan fingerprint density at radius 2 is 1.90 bits per heavy atom. The van der Waals surface area contributed by atoms with Crippen molar-refractivity contribution in [2.24, 2.45) is 0 Å². The normalized spacial score (nSPS) is 10.8. The minimum absolute atomic E-state index is 0.101. The van der Waals surface area contributed by atoms with Crippen LogP contribution in [0.25, 0.3) is 0 Å². The fourth-order valence-electron chi connectivity index (χ4n) is 1.55. The van der Waals surface area contributed by atoms with Gasteiger partial charge in [-0.05, 0) is 35.7 Å². The summed E-state index contributed by atoms with van der Waals surface area (Å²) in [7, 11) is -3.38. The van der Waals surface area contributed by atoms with Crippen LogP contribution in [0.2, 0.25) is 0 Å². The number of nitrogens with zero attached hydrogens (tertiary/aromatic N) is 1. The van der Waals surface area contributed by atoms with Gasteiger partial charge in [-0.15, -0.1) is 11.3 Å². The first-order valence-electron chi connectivity index (χ1n) is 5.51. The van der Waals surface area contributed by atoms with Crippen LogP contribution in [0.1, 0.15) is 15.9 Å². The Kier molecular flexibility index (Phi) is 3.88. The van der Waals surface area contributed by atoms with Gasteiger partial charge in [-0.25, -0.2) is 8.42 Å². The largest absolute Gasteiger partial charge is 0.312 e. The summed E-state index contributed by atoms with van der Waals surface area (Å²) in [4.78, 5) is 12.1. The Bertz CT molecular complexity index is 784. The van der Waals surface area contributed by atoms with Crippen molar-refractivity contribution in [3.05, 3.63) is 46.8 Å². The van der Waals surface area contributed by atoms with E-state index in [9.17, 15) is 13.2 Å². The topological polar surface area (TPSA) is 87.0 Å². The highest BCUT2D eigenvalue weighted by Crippen LogP contribution is 2.28. The molecular formula is C13H10N2O3S2. The smallest absolute Gasteiger partial charge is 0.256 e. The molecule has 0 spiro atoms. The molecule has 1 aromatic carbocycles. The number of amides is 1. The number of hydrogen-bond donors (Lipinski definition) is 1. The van der Waals surface area contributed by atoms with Gasteiger partial charge >= 0.3 is 0 Å². The molecule has 0 saturated heterocycles. The average Bonchev–Trinajstić information content (AvgIpc) is 2.87. The lowest BCUT2D eigenvalue weighted by Crippen LogP contribution is -2.12. The number of nitrogens with one attached hydrogen (secondary N) is 1. The fraction of sp³-hybridized carbons (Fsp3) is 0.0769. The maximum absolute atomic E-state index is 12.0. The zero-order valence-corrected chi connectivity index (χ0v) is 12.1. The average molecular weight is 306 g/mol. The number of benzene rings is 1. The molecule has 0 aliphatic carbocycles. The summed E-state index contributed by atoms with van der Waals surface area (Å²) in [6.45, 7) is 0. The van der Waals surface area contributed by atoms with Gasteiger partial charge in [0.05, 0.1) is 11.6 Å². The van der Waals surface area contributed by atoms with Gasteiger partial charge in [-0.1, -0.05) is 0 Å². The van der Waals surface area contributed by atoms with Crippen LogP contribution < -0.4 is 5.32 Å². The Morgan fingerprint density at radius 3 is 2.45 bits per heavy atom. The first-order valence-corrected chi connectivity index (χ1v) is 8.28. The monoisotopic (exact) mass is 306 g/mol. The van der Waals surface area contributed by atoms with Crippen molar-refractivity contribution >= 4 is 32.1 Å². The van der Waals surface area contributed by atoms with Gasteiger partial charge < -0.3 is 5.32 Å². The number of carbonyl (C=O) groups is 1. The second-order valence-electron chi connectivity index (χ2n) is 4.03. The van der Waals surface area contributed by atoms with E-state index in [0.717, 1.165) is 17.6 Å². The summed E-state index contributed by atoms with van der Waals surface area (Å²) in [5, 5.41) is 13.1. The number of rotatable bonds is 3. The molecule has 20 heavy (non-hydrogen) atoms. The van der Waals surface area contributed by atoms with Crippen molar-refractivity contribution in [1.82, 2.24) is 0 Å². The van der Waals surface area contributed by atoms with Gasteiger partial charge in [0.25, 0.3) is 5.91 Å². The van der Waals surface area contributed by atoms with E-state index in [4.69, 9.17) is 5.26 Å². The summed E-state index contributed by atoms with van der Waals surface area (Å²) in [6, 6.07) is 9.50. The maximum atomic E-state index is 12.0. The van der Waals surface area contributed by atoms with Crippen LogP contribution in [-0.2, 0) is 9.84 Å². The molecule has 0 saturated carbocycles. The molecule has 1 aromatic heterocycles. The van der Waals surface area contributed by atoms with Crippen LogP contribution in [0.4, 0.5) is 5.00 Å². The van der Waals surface area contributed by atoms with Crippen molar-refractivity contribution in [2.45, 2.75) is 4.90 Å². The minimum atomic E-state index is -3.38. The standard InChI is InChI=1S/C13H10N2O3S2/c1-20(17,18)11-6-7-19-13(11)15-12(16)10-4-2-9(8-14)3-5-10/h2-7H,1H3,(H,15,16). The van der Waals surface area contributed by atoms with Crippen LogP contribution in [0.5, 0.6) is 0 Å². The molecule has 0 unspecified atom stereocenters. The van der Waals surface area contributed by atoms with Crippen LogP contribution in [0.3, 0.4) is 0 Å². The van der Waals surface area contributed by atoms with Crippen molar-refractivity contribution in [1.29, 1.82) is 5.26 Å². The maximum Gasteiger partial charge on any atom is 0.256 e. The van der Waals surface area contributed by atoms with E-state index >= 15 is 0 Å². The molecule has 5 nitrogen and oxygen atoms in total. The molecule has 2 rings (SSSR count). The summed E-state index contributed by atoms with van der Waals surface area (Å²) >= 11 is 1.14. The molecule has 1 N–H and O–H groups in total. The Labute approximate surface area is 120 Å². The molecule has 0 aliphatic heterocycles. The molecule has 102 valence electrons. The van der Waals surface area contributed by atoms with E-state index in [2.05, 4.69) is 5.32 Å². The summed E-state index contributed by atoms with van der Waals surface area (Å²) < 4.78 is 23.1. The minimum Gasteiger partial charge on any atom is -0.312 e. The molecule has 2 aromatic rings. The summed E-state index contributed by atoms with van der Waals surface area (Å²) in [6.07, 6.45) is 1.09. The second kappa shape index (κ2) is 5.45. The quantitative estimate of drug-likeness (QED) is 0.942. The van der Waals surface area contributed by atoms with E-state index < -0.39 is 15.7 Å². The van der Waals surface area contributed by atoms with Crippen LogP contribution in [0.15, 0.2) is 40.6 Å². The number of sulfone groups is 1. The molecule has 0 fully saturated rings. The van der Waals surface area contributed by atoms with E-state index in [0.29, 0.717) is 16.1 Å². The van der Waals surface area contributed by atoms with Crippen molar-refractivity contribution < 1.29 is 13.2 Å². The number of anilines is 1. The Hall–Kier alpha value is -2.17. The van der Waals surface area contributed by atoms with Crippen LogP contribution in [-0.4, -0.2) is 20.6 Å². The first kappa shape index (κ1) is 14.2. The predicted molar refractivity (Wildman–Crippen MR) is 76.5 cm³/mol. The van der Waals surface area contributed by atoms with Gasteiger partial charge in [-0.3, -0.25) is 4.79 Å². The van der Waals surface area contributed by atoms with Gasteiger partial charge in [-0.2, -0.15) is 5.26 Å². The molecule has 1 heterocycles. The Morgan fingerprint density at radius 1 is 1.25 bits per heavy atom. The molecule has 1 amide bonds. The van der Waals surface area contributed by atoms with Crippen LogP contribution >= 0.6 is 11.3 Å². The molecule has 0 radical (unpaired) electrons. The second-order valence-corrected chi connectivity index (χ2v) is 6.93. The summed E-state index contributed by atoms with van der Waals surface area (Å²) in [5.74, 6) is -0.415. The van der Waals surface area contributed by atoms with Gasteiger partial charge in [0.15, 0.2) is 9.84 Å². The van der Waals surface area contributed by atoms with E-state index in [1.54, 1.807) is 5.38 Å². The lowest BCUT2D eigenvalue weighted by Gasteiger charge is -2.05. The number of thiophene rings is 1. The number of hydrogen-bond acceptors (Lipinski definition) is 5. The van der Waals surface area contributed by atoms with Gasteiger partial charge in [0.2, 0.25) is 0 Å². The van der Waals surface area contributed by atoms with Crippen LogP contribution in [0, 0.1) is 11.3 Å². The third kappa shape index (κ3) is 3.04. The SMILES string of the molecule is CS(=O)(=O)c1ccsc1NC(=O)c1ccc(C#N)cc1. The zero-order valence-electron chi connectivity index (χ0n) is 10.5. The van der Waals surface area contributed by atoms with Crippen molar-refractivity contribution in [3.63, 3.8) is 0 Å².